The van der Waals surface area contributed by atoms with E-state index >= 15 is 0 Å². The predicted molar refractivity (Wildman–Crippen MR) is 96.6 cm³/mol. The number of unbranched alkanes of at least 4 members (excludes halogenated alkanes) is 1. The maximum Gasteiger partial charge on any atom is 0.360 e. The molecule has 5 nitrogen and oxygen atoms in total. The maximum absolute atomic E-state index is 11.6. The number of hydrogen-bond donors (Lipinski definition) is 1. The average molecular weight is 336 g/mol. The van der Waals surface area contributed by atoms with Crippen LogP contribution in [0.2, 0.25) is 0 Å². The Bertz CT molecular complexity index is 905. The summed E-state index contributed by atoms with van der Waals surface area (Å²) in [6.45, 7) is 2.18. The summed E-state index contributed by atoms with van der Waals surface area (Å²) in [4.78, 5) is 20.1. The molecule has 25 heavy (non-hydrogen) atoms. The second-order valence-corrected chi connectivity index (χ2v) is 5.88. The highest BCUT2D eigenvalue weighted by molar-refractivity contribution is 5.98. The van der Waals surface area contributed by atoms with Gasteiger partial charge in [0, 0.05) is 10.9 Å². The Morgan fingerprint density at radius 1 is 1.16 bits per heavy atom. The van der Waals surface area contributed by atoms with Crippen molar-refractivity contribution >= 4 is 16.9 Å². The summed E-state index contributed by atoms with van der Waals surface area (Å²) in [6, 6.07) is 11.9. The Hall–Kier alpha value is -2.95. The minimum atomic E-state index is -0.675. The summed E-state index contributed by atoms with van der Waals surface area (Å²) in [5.41, 5.74) is 3.52. The molecule has 3 aromatic rings. The number of rotatable bonds is 5. The zero-order valence-electron chi connectivity index (χ0n) is 14.3. The van der Waals surface area contributed by atoms with Crippen LogP contribution in [0.5, 0.6) is 5.75 Å². The van der Waals surface area contributed by atoms with Crippen LogP contribution in [0.3, 0.4) is 0 Å². The molecule has 3 rings (SSSR count). The van der Waals surface area contributed by atoms with Crippen LogP contribution in [0.25, 0.3) is 22.2 Å². The SMILES string of the molecule is CCCCc1ccc(-c2ccc3c(O)c(C(=O)OC)ncc3n2)cc1. The van der Waals surface area contributed by atoms with Gasteiger partial charge in [0.1, 0.15) is 0 Å². The fourth-order valence-electron chi connectivity index (χ4n) is 2.72. The molecule has 0 aliphatic rings. The Labute approximate surface area is 146 Å². The van der Waals surface area contributed by atoms with Crippen LogP contribution in [0.4, 0.5) is 0 Å². The summed E-state index contributed by atoms with van der Waals surface area (Å²) in [5, 5.41) is 10.7. The first-order valence-electron chi connectivity index (χ1n) is 8.30. The van der Waals surface area contributed by atoms with Gasteiger partial charge >= 0.3 is 5.97 Å². The first kappa shape index (κ1) is 16.9. The van der Waals surface area contributed by atoms with E-state index in [0.717, 1.165) is 17.7 Å². The Balaban J connectivity index is 1.95. The van der Waals surface area contributed by atoms with Gasteiger partial charge in [-0.1, -0.05) is 37.6 Å². The highest BCUT2D eigenvalue weighted by Gasteiger charge is 2.17. The van der Waals surface area contributed by atoms with Gasteiger partial charge in [-0.15, -0.1) is 0 Å². The lowest BCUT2D eigenvalue weighted by molar-refractivity contribution is 0.0591. The van der Waals surface area contributed by atoms with Crippen LogP contribution in [0, 0.1) is 0 Å². The summed E-state index contributed by atoms with van der Waals surface area (Å²) < 4.78 is 4.62. The van der Waals surface area contributed by atoms with Crippen molar-refractivity contribution in [3.05, 3.63) is 53.9 Å². The van der Waals surface area contributed by atoms with Gasteiger partial charge in [0.05, 0.1) is 24.5 Å². The van der Waals surface area contributed by atoms with E-state index in [-0.39, 0.29) is 11.4 Å². The lowest BCUT2D eigenvalue weighted by Crippen LogP contribution is -2.05. The lowest BCUT2D eigenvalue weighted by atomic mass is 10.0. The number of aromatic hydroxyl groups is 1. The molecular formula is C20H20N2O3. The normalized spacial score (nSPS) is 10.8. The van der Waals surface area contributed by atoms with E-state index in [0.29, 0.717) is 10.9 Å². The number of methoxy groups -OCH3 is 1. The summed E-state index contributed by atoms with van der Waals surface area (Å²) in [5.74, 6) is -0.885. The van der Waals surface area contributed by atoms with Crippen molar-refractivity contribution in [2.45, 2.75) is 26.2 Å². The first-order valence-corrected chi connectivity index (χ1v) is 8.30. The molecule has 0 fully saturated rings. The van der Waals surface area contributed by atoms with Crippen LogP contribution >= 0.6 is 0 Å². The molecule has 0 amide bonds. The van der Waals surface area contributed by atoms with E-state index in [9.17, 15) is 9.90 Å². The molecule has 0 bridgehead atoms. The molecule has 128 valence electrons. The van der Waals surface area contributed by atoms with Crippen LogP contribution in [0.15, 0.2) is 42.6 Å². The van der Waals surface area contributed by atoms with Crippen molar-refractivity contribution in [3.8, 4) is 17.0 Å². The highest BCUT2D eigenvalue weighted by atomic mass is 16.5. The van der Waals surface area contributed by atoms with Crippen LogP contribution in [-0.4, -0.2) is 28.2 Å². The second-order valence-electron chi connectivity index (χ2n) is 5.88. The number of pyridine rings is 2. The van der Waals surface area contributed by atoms with Crippen molar-refractivity contribution in [1.29, 1.82) is 0 Å². The second kappa shape index (κ2) is 7.30. The van der Waals surface area contributed by atoms with Crippen molar-refractivity contribution in [3.63, 3.8) is 0 Å². The number of aryl methyl sites for hydroxylation is 1. The fraction of sp³-hybridized carbons (Fsp3) is 0.250. The van der Waals surface area contributed by atoms with E-state index in [1.54, 1.807) is 6.07 Å². The van der Waals surface area contributed by atoms with E-state index < -0.39 is 5.97 Å². The minimum absolute atomic E-state index is 0.107. The molecule has 0 radical (unpaired) electrons. The smallest absolute Gasteiger partial charge is 0.360 e. The monoisotopic (exact) mass is 336 g/mol. The van der Waals surface area contributed by atoms with Gasteiger partial charge in [-0.25, -0.2) is 14.8 Å². The van der Waals surface area contributed by atoms with Gasteiger partial charge in [0.15, 0.2) is 11.4 Å². The number of aromatic nitrogens is 2. The summed E-state index contributed by atoms with van der Waals surface area (Å²) in [7, 11) is 1.25. The Morgan fingerprint density at radius 3 is 2.60 bits per heavy atom. The molecule has 0 spiro atoms. The summed E-state index contributed by atoms with van der Waals surface area (Å²) >= 11 is 0. The topological polar surface area (TPSA) is 72.3 Å². The van der Waals surface area contributed by atoms with Crippen molar-refractivity contribution in [2.75, 3.05) is 7.11 Å². The molecule has 1 N–H and O–H groups in total. The predicted octanol–water partition coefficient (Wildman–Crippen LogP) is 4.13. The molecule has 2 aromatic heterocycles. The first-order chi connectivity index (χ1) is 12.1. The number of fused-ring (bicyclic) bond motifs is 1. The van der Waals surface area contributed by atoms with Crippen LogP contribution < -0.4 is 0 Å². The number of benzene rings is 1. The molecular weight excluding hydrogens is 316 g/mol. The highest BCUT2D eigenvalue weighted by Crippen LogP contribution is 2.29. The molecule has 2 heterocycles. The van der Waals surface area contributed by atoms with E-state index in [2.05, 4.69) is 45.9 Å². The maximum atomic E-state index is 11.6. The van der Waals surface area contributed by atoms with Gasteiger partial charge in [0.2, 0.25) is 0 Å². The molecule has 0 unspecified atom stereocenters. The van der Waals surface area contributed by atoms with Gasteiger partial charge in [-0.3, -0.25) is 0 Å². The number of esters is 1. The zero-order chi connectivity index (χ0) is 17.8. The molecule has 0 aliphatic heterocycles. The van der Waals surface area contributed by atoms with Gasteiger partial charge < -0.3 is 9.84 Å². The molecule has 0 aliphatic carbocycles. The number of carbonyl (C=O) groups is 1. The van der Waals surface area contributed by atoms with Gasteiger partial charge in [0.25, 0.3) is 0 Å². The van der Waals surface area contributed by atoms with E-state index in [1.165, 1.54) is 31.7 Å². The molecule has 0 atom stereocenters. The fourth-order valence-corrected chi connectivity index (χ4v) is 2.72. The molecule has 5 heteroatoms. The van der Waals surface area contributed by atoms with Crippen molar-refractivity contribution in [1.82, 2.24) is 9.97 Å². The third-order valence-electron chi connectivity index (χ3n) is 4.17. The van der Waals surface area contributed by atoms with Crippen molar-refractivity contribution < 1.29 is 14.6 Å². The van der Waals surface area contributed by atoms with Crippen LogP contribution in [-0.2, 0) is 11.2 Å². The quantitative estimate of drug-likeness (QED) is 0.709. The van der Waals surface area contributed by atoms with Crippen molar-refractivity contribution in [2.24, 2.45) is 0 Å². The number of hydrogen-bond acceptors (Lipinski definition) is 5. The number of carbonyl (C=O) groups excluding carboxylic acids is 1. The van der Waals surface area contributed by atoms with E-state index in [1.807, 2.05) is 6.07 Å². The lowest BCUT2D eigenvalue weighted by Gasteiger charge is -2.08. The van der Waals surface area contributed by atoms with Crippen LogP contribution in [0.1, 0.15) is 35.8 Å². The average Bonchev–Trinajstić information content (AvgIpc) is 2.66. The van der Waals surface area contributed by atoms with Gasteiger partial charge in [-0.05, 0) is 30.5 Å². The molecule has 0 saturated heterocycles. The summed E-state index contributed by atoms with van der Waals surface area (Å²) in [6.07, 6.45) is 4.91. The Morgan fingerprint density at radius 2 is 1.92 bits per heavy atom. The largest absolute Gasteiger partial charge is 0.505 e. The standard InChI is InChI=1S/C20H20N2O3/c1-3-4-5-13-6-8-14(9-7-13)16-11-10-15-17(22-16)12-21-18(19(15)23)20(24)25-2/h6-12,23H,3-5H2,1-2H3. The minimum Gasteiger partial charge on any atom is -0.505 e. The molecule has 0 saturated carbocycles. The third-order valence-corrected chi connectivity index (χ3v) is 4.17. The number of ether oxygens (including phenoxy) is 1. The number of nitrogens with zero attached hydrogens (tertiary/aromatic N) is 2. The zero-order valence-corrected chi connectivity index (χ0v) is 14.3. The Kier molecular flexibility index (Phi) is 4.93. The third kappa shape index (κ3) is 3.45. The van der Waals surface area contributed by atoms with Gasteiger partial charge in [-0.2, -0.15) is 0 Å². The van der Waals surface area contributed by atoms with E-state index in [4.69, 9.17) is 0 Å². The molecule has 1 aromatic carbocycles.